The fourth-order valence-electron chi connectivity index (χ4n) is 3.11. The highest BCUT2D eigenvalue weighted by atomic mass is 16.6. The molecule has 3 atom stereocenters. The van der Waals surface area contributed by atoms with Gasteiger partial charge in [0, 0.05) is 13.1 Å². The highest BCUT2D eigenvalue weighted by molar-refractivity contribution is 5.73. The number of likely N-dealkylation sites (tertiary alicyclic amines) is 1. The van der Waals surface area contributed by atoms with E-state index >= 15 is 0 Å². The second kappa shape index (κ2) is 6.24. The van der Waals surface area contributed by atoms with Crippen LogP contribution in [0.1, 0.15) is 52.9 Å². The molecule has 5 heteroatoms. The molecule has 0 aromatic rings. The van der Waals surface area contributed by atoms with E-state index in [1.165, 1.54) is 0 Å². The molecule has 2 rings (SSSR count). The minimum Gasteiger partial charge on any atom is -0.481 e. The Kier molecular flexibility index (Phi) is 4.79. The summed E-state index contributed by atoms with van der Waals surface area (Å²) in [5, 5.41) is 8.91. The number of aliphatic carboxylic acids is 1. The van der Waals surface area contributed by atoms with E-state index in [0.29, 0.717) is 11.8 Å². The van der Waals surface area contributed by atoms with Crippen molar-refractivity contribution in [3.63, 3.8) is 0 Å². The number of amides is 1. The lowest BCUT2D eigenvalue weighted by Crippen LogP contribution is -2.42. The third-order valence-corrected chi connectivity index (χ3v) is 4.36. The summed E-state index contributed by atoms with van der Waals surface area (Å²) in [6, 6.07) is 0. The number of carboxylic acids is 1. The summed E-state index contributed by atoms with van der Waals surface area (Å²) in [6.45, 7) is 7.16. The van der Waals surface area contributed by atoms with Gasteiger partial charge in [-0.2, -0.15) is 0 Å². The van der Waals surface area contributed by atoms with Crippen LogP contribution in [-0.4, -0.2) is 40.8 Å². The molecule has 0 aromatic heterocycles. The number of carbonyl (C=O) groups is 2. The number of carbonyl (C=O) groups excluding carboxylic acids is 1. The van der Waals surface area contributed by atoms with Crippen molar-refractivity contribution in [1.29, 1.82) is 0 Å². The molecule has 3 unspecified atom stereocenters. The number of carboxylic acid groups (broad SMARTS) is 1. The van der Waals surface area contributed by atoms with Crippen LogP contribution < -0.4 is 0 Å². The van der Waals surface area contributed by atoms with Gasteiger partial charge in [-0.15, -0.1) is 0 Å². The van der Waals surface area contributed by atoms with Crippen molar-refractivity contribution in [3.05, 3.63) is 0 Å². The van der Waals surface area contributed by atoms with Gasteiger partial charge in [0.2, 0.25) is 0 Å². The van der Waals surface area contributed by atoms with Crippen molar-refractivity contribution < 1.29 is 19.4 Å². The molecule has 1 heterocycles. The summed E-state index contributed by atoms with van der Waals surface area (Å²) < 4.78 is 5.42. The summed E-state index contributed by atoms with van der Waals surface area (Å²) in [7, 11) is 0. The van der Waals surface area contributed by atoms with Crippen molar-refractivity contribution in [1.82, 2.24) is 4.90 Å². The van der Waals surface area contributed by atoms with E-state index in [-0.39, 0.29) is 12.0 Å². The minimum atomic E-state index is -0.654. The average molecular weight is 297 g/mol. The van der Waals surface area contributed by atoms with Crippen LogP contribution in [0.25, 0.3) is 0 Å². The van der Waals surface area contributed by atoms with Crippen LogP contribution >= 0.6 is 0 Å². The summed E-state index contributed by atoms with van der Waals surface area (Å²) in [4.78, 5) is 24.7. The molecule has 5 nitrogen and oxygen atoms in total. The number of hydrogen-bond donors (Lipinski definition) is 1. The molecule has 0 radical (unpaired) electrons. The van der Waals surface area contributed by atoms with E-state index in [4.69, 9.17) is 9.84 Å². The van der Waals surface area contributed by atoms with Crippen LogP contribution in [0.5, 0.6) is 0 Å². The first-order valence-corrected chi connectivity index (χ1v) is 7.97. The first-order valence-electron chi connectivity index (χ1n) is 7.97. The molecule has 1 saturated carbocycles. The molecular formula is C16H27NO4. The molecule has 1 saturated heterocycles. The highest BCUT2D eigenvalue weighted by Crippen LogP contribution is 2.43. The van der Waals surface area contributed by atoms with Gasteiger partial charge in [0.25, 0.3) is 0 Å². The number of ether oxygens (including phenoxy) is 1. The lowest BCUT2D eigenvalue weighted by atomic mass is 9.92. The minimum absolute atomic E-state index is 0.115. The van der Waals surface area contributed by atoms with Crippen molar-refractivity contribution in [2.24, 2.45) is 17.8 Å². The maximum Gasteiger partial charge on any atom is 0.410 e. The first kappa shape index (κ1) is 16.1. The third-order valence-electron chi connectivity index (χ3n) is 4.36. The van der Waals surface area contributed by atoms with E-state index in [9.17, 15) is 9.59 Å². The summed E-state index contributed by atoms with van der Waals surface area (Å²) in [6.07, 6.45) is 4.75. The van der Waals surface area contributed by atoms with E-state index < -0.39 is 11.6 Å². The summed E-state index contributed by atoms with van der Waals surface area (Å²) in [5.74, 6) is 0.0790. The van der Waals surface area contributed by atoms with Gasteiger partial charge in [0.15, 0.2) is 0 Å². The van der Waals surface area contributed by atoms with Crippen LogP contribution in [-0.2, 0) is 9.53 Å². The molecule has 120 valence electrons. The van der Waals surface area contributed by atoms with E-state index in [2.05, 4.69) is 0 Å². The van der Waals surface area contributed by atoms with E-state index in [0.717, 1.165) is 45.2 Å². The zero-order valence-electron chi connectivity index (χ0n) is 13.3. The Morgan fingerprint density at radius 2 is 2.00 bits per heavy atom. The molecule has 1 N–H and O–H groups in total. The zero-order chi connectivity index (χ0) is 15.6. The molecule has 0 aromatic carbocycles. The topological polar surface area (TPSA) is 66.8 Å². The van der Waals surface area contributed by atoms with Gasteiger partial charge in [0.1, 0.15) is 5.60 Å². The number of rotatable bonds is 4. The van der Waals surface area contributed by atoms with Gasteiger partial charge in [-0.25, -0.2) is 4.79 Å². The molecule has 2 fully saturated rings. The second-order valence-electron chi connectivity index (χ2n) is 7.45. The predicted octanol–water partition coefficient (Wildman–Crippen LogP) is 3.13. The molecule has 1 aliphatic carbocycles. The molecule has 1 aliphatic heterocycles. The van der Waals surface area contributed by atoms with Crippen LogP contribution in [0.4, 0.5) is 4.79 Å². The smallest absolute Gasteiger partial charge is 0.410 e. The van der Waals surface area contributed by atoms with Gasteiger partial charge >= 0.3 is 12.1 Å². The first-order chi connectivity index (χ1) is 9.76. The largest absolute Gasteiger partial charge is 0.481 e. The number of piperidine rings is 1. The summed E-state index contributed by atoms with van der Waals surface area (Å²) >= 11 is 0. The van der Waals surface area contributed by atoms with Crippen molar-refractivity contribution in [3.8, 4) is 0 Å². The molecule has 1 amide bonds. The second-order valence-corrected chi connectivity index (χ2v) is 7.45. The highest BCUT2D eigenvalue weighted by Gasteiger charge is 2.42. The van der Waals surface area contributed by atoms with Gasteiger partial charge in [0.05, 0.1) is 5.92 Å². The maximum atomic E-state index is 12.1. The normalized spacial score (nSPS) is 29.1. The van der Waals surface area contributed by atoms with E-state index in [1.807, 2.05) is 20.8 Å². The maximum absolute atomic E-state index is 12.1. The van der Waals surface area contributed by atoms with Gasteiger partial charge < -0.3 is 14.7 Å². The van der Waals surface area contributed by atoms with Crippen molar-refractivity contribution >= 4 is 12.1 Å². The fraction of sp³-hybridized carbons (Fsp3) is 0.875. The molecule has 0 spiro atoms. The molecule has 0 bridgehead atoms. The van der Waals surface area contributed by atoms with Gasteiger partial charge in [-0.1, -0.05) is 0 Å². The lowest BCUT2D eigenvalue weighted by molar-refractivity contribution is -0.138. The SMILES string of the molecule is CC(C)(C)OC(=O)N1CCCC(CCC2CC2C(=O)O)C1. The van der Waals surface area contributed by atoms with Gasteiger partial charge in [-0.3, -0.25) is 4.79 Å². The third kappa shape index (κ3) is 4.90. The monoisotopic (exact) mass is 297 g/mol. The van der Waals surface area contributed by atoms with E-state index in [1.54, 1.807) is 4.90 Å². The predicted molar refractivity (Wildman–Crippen MR) is 79.0 cm³/mol. The summed E-state index contributed by atoms with van der Waals surface area (Å²) in [5.41, 5.74) is -0.452. The van der Waals surface area contributed by atoms with Crippen LogP contribution in [0, 0.1) is 17.8 Å². The van der Waals surface area contributed by atoms with Crippen LogP contribution in [0.3, 0.4) is 0 Å². The average Bonchev–Trinajstić information content (AvgIpc) is 3.14. The van der Waals surface area contributed by atoms with Gasteiger partial charge in [-0.05, 0) is 64.7 Å². The van der Waals surface area contributed by atoms with Crippen LogP contribution in [0.15, 0.2) is 0 Å². The van der Waals surface area contributed by atoms with Crippen molar-refractivity contribution in [2.75, 3.05) is 13.1 Å². The number of nitrogens with zero attached hydrogens (tertiary/aromatic N) is 1. The van der Waals surface area contributed by atoms with Crippen LogP contribution in [0.2, 0.25) is 0 Å². The zero-order valence-corrected chi connectivity index (χ0v) is 13.3. The molecule has 21 heavy (non-hydrogen) atoms. The fourth-order valence-corrected chi connectivity index (χ4v) is 3.11. The molecule has 2 aliphatic rings. The number of hydrogen-bond acceptors (Lipinski definition) is 3. The Hall–Kier alpha value is -1.26. The lowest BCUT2D eigenvalue weighted by Gasteiger charge is -2.34. The Balaban J connectivity index is 1.73. The standard InChI is InChI=1S/C16H27NO4/c1-16(2,3)21-15(20)17-8-4-5-11(10-17)6-7-12-9-13(12)14(18)19/h11-13H,4-10H2,1-3H3,(H,18,19). The molecular weight excluding hydrogens is 270 g/mol. The Bertz CT molecular complexity index is 402. The Morgan fingerprint density at radius 3 is 2.57 bits per heavy atom. The quantitative estimate of drug-likeness (QED) is 0.865. The Labute approximate surface area is 126 Å². The Morgan fingerprint density at radius 1 is 1.29 bits per heavy atom. The van der Waals surface area contributed by atoms with Crippen molar-refractivity contribution in [2.45, 2.75) is 58.5 Å².